The lowest BCUT2D eigenvalue weighted by molar-refractivity contribution is 0.356. The highest BCUT2D eigenvalue weighted by molar-refractivity contribution is 7.93. The van der Waals surface area contributed by atoms with Gasteiger partial charge in [0.15, 0.2) is 11.5 Å². The van der Waals surface area contributed by atoms with Crippen molar-refractivity contribution < 1.29 is 23.7 Å². The summed E-state index contributed by atoms with van der Waals surface area (Å²) < 4.78 is 28.5. The Bertz CT molecular complexity index is 1170. The Morgan fingerprint density at radius 1 is 0.900 bits per heavy atom. The van der Waals surface area contributed by atoms with E-state index in [1.54, 1.807) is 26.0 Å². The zero-order chi connectivity index (χ0) is 22.1. The van der Waals surface area contributed by atoms with Crippen molar-refractivity contribution in [3.8, 4) is 17.2 Å². The second-order valence-corrected chi connectivity index (χ2v) is 9.46. The van der Waals surface area contributed by atoms with Crippen LogP contribution in [-0.2, 0) is 10.0 Å². The van der Waals surface area contributed by atoms with E-state index in [4.69, 9.17) is 0 Å². The van der Waals surface area contributed by atoms with Crippen LogP contribution in [0.15, 0.2) is 53.4 Å². The Hall–Kier alpha value is -2.93. The average molecular weight is 430 g/mol. The number of fused-ring (bicyclic) bond motifs is 1. The van der Waals surface area contributed by atoms with Gasteiger partial charge in [0.1, 0.15) is 4.90 Å². The highest BCUT2D eigenvalue weighted by atomic mass is 32.2. The minimum absolute atomic E-state index is 0.218. The third-order valence-corrected chi connectivity index (χ3v) is 7.01. The largest absolute Gasteiger partial charge is 0.504 e. The molecule has 0 aliphatic rings. The smallest absolute Gasteiger partial charge is 0.268 e. The van der Waals surface area contributed by atoms with Crippen LogP contribution >= 0.6 is 0 Å². The number of sulfonamides is 1. The van der Waals surface area contributed by atoms with Crippen LogP contribution in [0.2, 0.25) is 0 Å². The number of phenolic OH excluding ortho intramolecular Hbond substituents is 3. The molecule has 0 unspecified atom stereocenters. The molecule has 0 radical (unpaired) electrons. The molecule has 0 saturated heterocycles. The Balaban J connectivity index is 2.20. The first kappa shape index (κ1) is 21.8. The van der Waals surface area contributed by atoms with Crippen LogP contribution in [-0.4, -0.2) is 30.3 Å². The van der Waals surface area contributed by atoms with E-state index >= 15 is 0 Å². The normalized spacial score (nSPS) is 11.9. The molecule has 3 N–H and O–H groups in total. The van der Waals surface area contributed by atoms with Crippen LogP contribution in [0.4, 0.5) is 5.69 Å². The SMILES string of the molecule is CCCCN(c1ccc2ccccc2c1)S(=O)(=O)c1cc(C(C)C)c(O)c(O)c1O. The molecule has 0 amide bonds. The Morgan fingerprint density at radius 3 is 2.20 bits per heavy atom. The molecule has 0 spiro atoms. The van der Waals surface area contributed by atoms with Gasteiger partial charge in [-0.3, -0.25) is 4.31 Å². The topological polar surface area (TPSA) is 98.1 Å². The monoisotopic (exact) mass is 429 g/mol. The quantitative estimate of drug-likeness (QED) is 0.455. The van der Waals surface area contributed by atoms with E-state index in [0.29, 0.717) is 12.1 Å². The summed E-state index contributed by atoms with van der Waals surface area (Å²) in [6.45, 7) is 5.71. The first-order valence-corrected chi connectivity index (χ1v) is 11.4. The molecule has 0 aliphatic carbocycles. The molecule has 3 aromatic carbocycles. The van der Waals surface area contributed by atoms with Crippen LogP contribution in [0.25, 0.3) is 10.8 Å². The van der Waals surface area contributed by atoms with Crippen molar-refractivity contribution in [1.82, 2.24) is 0 Å². The minimum atomic E-state index is -4.21. The number of benzene rings is 3. The van der Waals surface area contributed by atoms with E-state index in [9.17, 15) is 23.7 Å². The van der Waals surface area contributed by atoms with Gasteiger partial charge in [-0.15, -0.1) is 0 Å². The fourth-order valence-electron chi connectivity index (χ4n) is 3.42. The lowest BCUT2D eigenvalue weighted by Crippen LogP contribution is -2.32. The van der Waals surface area contributed by atoms with E-state index in [1.165, 1.54) is 10.4 Å². The molecule has 7 heteroatoms. The summed E-state index contributed by atoms with van der Waals surface area (Å²) in [7, 11) is -4.21. The highest BCUT2D eigenvalue weighted by Crippen LogP contribution is 2.45. The van der Waals surface area contributed by atoms with Gasteiger partial charge in [0.2, 0.25) is 5.75 Å². The third kappa shape index (κ3) is 3.89. The van der Waals surface area contributed by atoms with Crippen molar-refractivity contribution in [3.63, 3.8) is 0 Å². The van der Waals surface area contributed by atoms with Gasteiger partial charge in [-0.1, -0.05) is 57.5 Å². The number of aromatic hydroxyl groups is 3. The number of phenols is 3. The van der Waals surface area contributed by atoms with Crippen LogP contribution in [0, 0.1) is 0 Å². The van der Waals surface area contributed by atoms with Crippen LogP contribution in [0.5, 0.6) is 17.2 Å². The van der Waals surface area contributed by atoms with Crippen LogP contribution in [0.3, 0.4) is 0 Å². The van der Waals surface area contributed by atoms with Gasteiger partial charge in [0, 0.05) is 12.1 Å². The first-order valence-electron chi connectivity index (χ1n) is 9.97. The second-order valence-electron chi connectivity index (χ2n) is 7.63. The fraction of sp³-hybridized carbons (Fsp3) is 0.304. The van der Waals surface area contributed by atoms with E-state index in [-0.39, 0.29) is 18.0 Å². The molecule has 0 aromatic heterocycles. The summed E-state index contributed by atoms with van der Waals surface area (Å²) in [4.78, 5) is -0.425. The molecular formula is C23H27NO5S. The maximum atomic E-state index is 13.6. The molecule has 0 fully saturated rings. The average Bonchev–Trinajstić information content (AvgIpc) is 2.71. The van der Waals surface area contributed by atoms with Gasteiger partial charge in [-0.25, -0.2) is 8.42 Å². The second kappa shape index (κ2) is 8.44. The molecule has 3 rings (SSSR count). The number of anilines is 1. The number of hydrogen-bond donors (Lipinski definition) is 3. The molecule has 0 atom stereocenters. The lowest BCUT2D eigenvalue weighted by atomic mass is 10.0. The molecule has 0 heterocycles. The van der Waals surface area contributed by atoms with Gasteiger partial charge in [-0.05, 0) is 41.3 Å². The summed E-state index contributed by atoms with van der Waals surface area (Å²) in [5.41, 5.74) is 0.720. The van der Waals surface area contributed by atoms with E-state index < -0.39 is 32.2 Å². The summed E-state index contributed by atoms with van der Waals surface area (Å²) in [6, 6.07) is 14.3. The summed E-state index contributed by atoms with van der Waals surface area (Å²) in [5, 5.41) is 32.6. The summed E-state index contributed by atoms with van der Waals surface area (Å²) in [5.74, 6) is -2.43. The number of hydrogen-bond acceptors (Lipinski definition) is 5. The Labute approximate surface area is 177 Å². The van der Waals surface area contributed by atoms with Gasteiger partial charge in [-0.2, -0.15) is 0 Å². The maximum absolute atomic E-state index is 13.6. The molecule has 30 heavy (non-hydrogen) atoms. The maximum Gasteiger partial charge on any atom is 0.268 e. The summed E-state index contributed by atoms with van der Waals surface area (Å²) >= 11 is 0. The summed E-state index contributed by atoms with van der Waals surface area (Å²) in [6.07, 6.45) is 1.40. The zero-order valence-corrected chi connectivity index (χ0v) is 18.1. The predicted octanol–water partition coefficient (Wildman–Crippen LogP) is 5.08. The minimum Gasteiger partial charge on any atom is -0.504 e. The van der Waals surface area contributed by atoms with Gasteiger partial charge >= 0.3 is 0 Å². The lowest BCUT2D eigenvalue weighted by Gasteiger charge is -2.26. The zero-order valence-electron chi connectivity index (χ0n) is 17.3. The molecule has 0 aliphatic heterocycles. The molecular weight excluding hydrogens is 402 g/mol. The Morgan fingerprint density at radius 2 is 1.57 bits per heavy atom. The standard InChI is InChI=1S/C23H27NO5S/c1-4-5-12-24(18-11-10-16-8-6-7-9-17(16)13-18)30(28,29)20-14-19(15(2)3)21(25)23(27)22(20)26/h6-11,13-15,25-27H,4-5,12H2,1-3H3. The van der Waals surface area contributed by atoms with Gasteiger partial charge in [0.05, 0.1) is 5.69 Å². The van der Waals surface area contributed by atoms with Crippen LogP contribution in [0.1, 0.15) is 45.1 Å². The first-order chi connectivity index (χ1) is 14.2. The molecule has 6 nitrogen and oxygen atoms in total. The molecule has 0 bridgehead atoms. The van der Waals surface area contributed by atoms with E-state index in [2.05, 4.69) is 0 Å². The van der Waals surface area contributed by atoms with Crippen molar-refractivity contribution in [2.24, 2.45) is 0 Å². The van der Waals surface area contributed by atoms with Crippen LogP contribution < -0.4 is 4.31 Å². The fourth-order valence-corrected chi connectivity index (χ4v) is 5.04. The van der Waals surface area contributed by atoms with Crippen molar-refractivity contribution >= 4 is 26.5 Å². The van der Waals surface area contributed by atoms with Crippen molar-refractivity contribution in [2.75, 3.05) is 10.8 Å². The molecule has 0 saturated carbocycles. The van der Waals surface area contributed by atoms with Gasteiger partial charge in [0.25, 0.3) is 10.0 Å². The van der Waals surface area contributed by atoms with E-state index in [0.717, 1.165) is 17.2 Å². The highest BCUT2D eigenvalue weighted by Gasteiger charge is 2.32. The van der Waals surface area contributed by atoms with Crippen molar-refractivity contribution in [2.45, 2.75) is 44.4 Å². The predicted molar refractivity (Wildman–Crippen MR) is 119 cm³/mol. The van der Waals surface area contributed by atoms with Gasteiger partial charge < -0.3 is 15.3 Å². The van der Waals surface area contributed by atoms with Crippen molar-refractivity contribution in [1.29, 1.82) is 0 Å². The Kier molecular flexibility index (Phi) is 6.12. The number of rotatable bonds is 7. The number of unbranched alkanes of at least 4 members (excludes halogenated alkanes) is 1. The van der Waals surface area contributed by atoms with E-state index in [1.807, 2.05) is 37.3 Å². The third-order valence-electron chi connectivity index (χ3n) is 5.17. The van der Waals surface area contributed by atoms with Crippen molar-refractivity contribution in [3.05, 3.63) is 54.1 Å². The molecule has 3 aromatic rings. The molecule has 160 valence electrons. The number of nitrogens with zero attached hydrogens (tertiary/aromatic N) is 1.